The fourth-order valence-corrected chi connectivity index (χ4v) is 4.19. The van der Waals surface area contributed by atoms with E-state index in [2.05, 4.69) is 15.9 Å². The SMILES string of the molecule is CCOc1ccc(/C(O)=C2/C(=O)C(=O)N(c3ccc(Br)cc3)C2c2ccccc2)cc1C. The molecule has 6 heteroatoms. The lowest BCUT2D eigenvalue weighted by molar-refractivity contribution is -0.132. The van der Waals surface area contributed by atoms with E-state index in [4.69, 9.17) is 4.74 Å². The molecule has 3 aromatic carbocycles. The summed E-state index contributed by atoms with van der Waals surface area (Å²) in [6, 6.07) is 20.9. The van der Waals surface area contributed by atoms with Gasteiger partial charge in [0.2, 0.25) is 0 Å². The van der Waals surface area contributed by atoms with Gasteiger partial charge in [-0.3, -0.25) is 14.5 Å². The Bertz CT molecular complexity index is 1200. The summed E-state index contributed by atoms with van der Waals surface area (Å²) in [4.78, 5) is 27.7. The lowest BCUT2D eigenvalue weighted by Crippen LogP contribution is -2.29. The number of aliphatic hydroxyl groups excluding tert-OH is 1. The van der Waals surface area contributed by atoms with Gasteiger partial charge in [-0.15, -0.1) is 0 Å². The Morgan fingerprint density at radius 2 is 1.72 bits per heavy atom. The maximum absolute atomic E-state index is 13.2. The van der Waals surface area contributed by atoms with Gasteiger partial charge in [-0.1, -0.05) is 46.3 Å². The largest absolute Gasteiger partial charge is 0.507 e. The number of carbonyl (C=O) groups excluding carboxylic acids is 2. The number of ether oxygens (including phenoxy) is 1. The fourth-order valence-electron chi connectivity index (χ4n) is 3.92. The Morgan fingerprint density at radius 1 is 1.03 bits per heavy atom. The van der Waals surface area contributed by atoms with E-state index in [0.29, 0.717) is 23.6 Å². The molecule has 32 heavy (non-hydrogen) atoms. The van der Waals surface area contributed by atoms with Crippen molar-refractivity contribution in [3.05, 3.63) is 99.5 Å². The number of rotatable bonds is 5. The number of aryl methyl sites for hydroxylation is 1. The molecule has 1 aliphatic rings. The van der Waals surface area contributed by atoms with E-state index in [9.17, 15) is 14.7 Å². The van der Waals surface area contributed by atoms with Gasteiger partial charge in [-0.2, -0.15) is 0 Å². The third-order valence-corrected chi connectivity index (χ3v) is 5.94. The summed E-state index contributed by atoms with van der Waals surface area (Å²) < 4.78 is 6.44. The minimum atomic E-state index is -0.746. The molecule has 1 N–H and O–H groups in total. The highest BCUT2D eigenvalue weighted by Crippen LogP contribution is 2.42. The van der Waals surface area contributed by atoms with Crippen LogP contribution < -0.4 is 9.64 Å². The van der Waals surface area contributed by atoms with Crippen LogP contribution in [0.3, 0.4) is 0 Å². The van der Waals surface area contributed by atoms with Gasteiger partial charge in [0.15, 0.2) is 0 Å². The minimum absolute atomic E-state index is 0.0627. The van der Waals surface area contributed by atoms with Crippen molar-refractivity contribution in [1.29, 1.82) is 0 Å². The molecule has 1 unspecified atom stereocenters. The number of ketones is 1. The molecule has 1 heterocycles. The fraction of sp³-hybridized carbons (Fsp3) is 0.154. The van der Waals surface area contributed by atoms with Gasteiger partial charge in [-0.05, 0) is 67.4 Å². The molecule has 4 rings (SSSR count). The van der Waals surface area contributed by atoms with Gasteiger partial charge in [0, 0.05) is 15.7 Å². The summed E-state index contributed by atoms with van der Waals surface area (Å²) in [5.74, 6) is -0.891. The Balaban J connectivity index is 1.89. The lowest BCUT2D eigenvalue weighted by Gasteiger charge is -2.25. The number of anilines is 1. The van der Waals surface area contributed by atoms with E-state index in [1.165, 1.54) is 4.90 Å². The van der Waals surface area contributed by atoms with Crippen molar-refractivity contribution in [2.75, 3.05) is 11.5 Å². The minimum Gasteiger partial charge on any atom is -0.507 e. The zero-order valence-corrected chi connectivity index (χ0v) is 19.3. The number of halogens is 1. The molecule has 1 aliphatic heterocycles. The molecule has 0 aromatic heterocycles. The number of carbonyl (C=O) groups is 2. The first-order valence-electron chi connectivity index (χ1n) is 10.3. The Kier molecular flexibility index (Phi) is 6.15. The van der Waals surface area contributed by atoms with Crippen LogP contribution in [-0.4, -0.2) is 23.4 Å². The number of hydrogen-bond donors (Lipinski definition) is 1. The second kappa shape index (κ2) is 9.01. The first-order valence-corrected chi connectivity index (χ1v) is 11.1. The van der Waals surface area contributed by atoms with E-state index in [0.717, 1.165) is 15.6 Å². The summed E-state index contributed by atoms with van der Waals surface area (Å²) >= 11 is 3.40. The molecular formula is C26H22BrNO4. The van der Waals surface area contributed by atoms with Crippen LogP contribution in [0, 0.1) is 6.92 Å². The number of Topliss-reactive ketones (excluding diaryl/α,β-unsaturated/α-hetero) is 1. The van der Waals surface area contributed by atoms with Gasteiger partial charge in [0.05, 0.1) is 18.2 Å². The molecule has 162 valence electrons. The topological polar surface area (TPSA) is 66.8 Å². The predicted molar refractivity (Wildman–Crippen MR) is 128 cm³/mol. The van der Waals surface area contributed by atoms with Crippen LogP contribution in [0.2, 0.25) is 0 Å². The highest BCUT2D eigenvalue weighted by Gasteiger charge is 2.46. The van der Waals surface area contributed by atoms with Crippen molar-refractivity contribution in [3.63, 3.8) is 0 Å². The maximum atomic E-state index is 13.2. The third-order valence-electron chi connectivity index (χ3n) is 5.41. The van der Waals surface area contributed by atoms with E-state index >= 15 is 0 Å². The molecule has 0 bridgehead atoms. The highest BCUT2D eigenvalue weighted by atomic mass is 79.9. The molecular weight excluding hydrogens is 470 g/mol. The predicted octanol–water partition coefficient (Wildman–Crippen LogP) is 5.78. The van der Waals surface area contributed by atoms with Crippen LogP contribution in [0.5, 0.6) is 5.75 Å². The summed E-state index contributed by atoms with van der Waals surface area (Å²) in [6.45, 7) is 4.30. The summed E-state index contributed by atoms with van der Waals surface area (Å²) in [7, 11) is 0. The standard InChI is InChI=1S/C26H22BrNO4/c1-3-32-21-14-9-18(15-16(21)2)24(29)22-23(17-7-5-4-6-8-17)28(26(31)25(22)30)20-12-10-19(27)11-13-20/h4-15,23,29H,3H2,1-2H3/b24-22-. The van der Waals surface area contributed by atoms with E-state index in [1.807, 2.05) is 56.3 Å². The smallest absolute Gasteiger partial charge is 0.300 e. The van der Waals surface area contributed by atoms with E-state index < -0.39 is 17.7 Å². The van der Waals surface area contributed by atoms with Crippen LogP contribution in [0.1, 0.15) is 29.7 Å². The van der Waals surface area contributed by atoms with Crippen molar-refractivity contribution in [1.82, 2.24) is 0 Å². The zero-order chi connectivity index (χ0) is 22.8. The maximum Gasteiger partial charge on any atom is 0.300 e. The normalized spacial score (nSPS) is 17.6. The summed E-state index contributed by atoms with van der Waals surface area (Å²) in [5.41, 5.74) is 2.66. The highest BCUT2D eigenvalue weighted by molar-refractivity contribution is 9.10. The molecule has 1 saturated heterocycles. The lowest BCUT2D eigenvalue weighted by atomic mass is 9.94. The Labute approximate surface area is 195 Å². The molecule has 1 fully saturated rings. The Morgan fingerprint density at radius 3 is 2.34 bits per heavy atom. The quantitative estimate of drug-likeness (QED) is 0.279. The molecule has 1 atom stereocenters. The van der Waals surface area contributed by atoms with E-state index in [1.54, 1.807) is 30.3 Å². The number of hydrogen-bond acceptors (Lipinski definition) is 4. The van der Waals surface area contributed by atoms with Crippen molar-refractivity contribution in [3.8, 4) is 5.75 Å². The monoisotopic (exact) mass is 491 g/mol. The average Bonchev–Trinajstić information content (AvgIpc) is 3.06. The molecule has 1 amide bonds. The van der Waals surface area contributed by atoms with Crippen molar-refractivity contribution < 1.29 is 19.4 Å². The molecule has 5 nitrogen and oxygen atoms in total. The molecule has 3 aromatic rings. The first-order chi connectivity index (χ1) is 15.4. The van der Waals surface area contributed by atoms with Gasteiger partial charge >= 0.3 is 0 Å². The Hall–Kier alpha value is -3.38. The van der Waals surface area contributed by atoms with Gasteiger partial charge in [0.1, 0.15) is 11.5 Å². The van der Waals surface area contributed by atoms with Gasteiger partial charge in [0.25, 0.3) is 11.7 Å². The van der Waals surface area contributed by atoms with Crippen LogP contribution in [-0.2, 0) is 9.59 Å². The van der Waals surface area contributed by atoms with E-state index in [-0.39, 0.29) is 11.3 Å². The number of benzene rings is 3. The molecule has 0 radical (unpaired) electrons. The van der Waals surface area contributed by atoms with Gasteiger partial charge in [-0.25, -0.2) is 0 Å². The second-order valence-corrected chi connectivity index (χ2v) is 8.39. The van der Waals surface area contributed by atoms with Crippen LogP contribution in [0.15, 0.2) is 82.8 Å². The number of amides is 1. The summed E-state index contributed by atoms with van der Waals surface area (Å²) in [6.07, 6.45) is 0. The van der Waals surface area contributed by atoms with Crippen molar-refractivity contribution in [2.45, 2.75) is 19.9 Å². The molecule has 0 aliphatic carbocycles. The molecule has 0 saturated carbocycles. The first kappa shape index (κ1) is 21.8. The van der Waals surface area contributed by atoms with Crippen LogP contribution in [0.25, 0.3) is 5.76 Å². The van der Waals surface area contributed by atoms with Crippen molar-refractivity contribution in [2.24, 2.45) is 0 Å². The number of aliphatic hydroxyl groups is 1. The third kappa shape index (κ3) is 3.94. The number of nitrogens with zero attached hydrogens (tertiary/aromatic N) is 1. The zero-order valence-electron chi connectivity index (χ0n) is 17.7. The average molecular weight is 492 g/mol. The van der Waals surface area contributed by atoms with Gasteiger partial charge < -0.3 is 9.84 Å². The summed E-state index contributed by atoms with van der Waals surface area (Å²) in [5, 5.41) is 11.2. The second-order valence-electron chi connectivity index (χ2n) is 7.47. The van der Waals surface area contributed by atoms with Crippen LogP contribution >= 0.6 is 15.9 Å². The van der Waals surface area contributed by atoms with Crippen molar-refractivity contribution >= 4 is 39.1 Å². The van der Waals surface area contributed by atoms with Crippen LogP contribution in [0.4, 0.5) is 5.69 Å². The molecule has 0 spiro atoms.